The highest BCUT2D eigenvalue weighted by Crippen LogP contribution is 2.21. The Bertz CT molecular complexity index is 1400. The predicted molar refractivity (Wildman–Crippen MR) is 210 cm³/mol. The van der Waals surface area contributed by atoms with E-state index in [9.17, 15) is 43.5 Å². The van der Waals surface area contributed by atoms with Crippen LogP contribution in [0.4, 0.5) is 0 Å². The lowest BCUT2D eigenvalue weighted by molar-refractivity contribution is -0.145. The summed E-state index contributed by atoms with van der Waals surface area (Å²) in [6, 6.07) is -8.07. The molecule has 1 heterocycles. The number of guanidine groups is 1. The summed E-state index contributed by atoms with van der Waals surface area (Å²) in [4.78, 5) is 109. The molecule has 16 N–H and O–H groups in total. The average Bonchev–Trinajstić information content (AvgIpc) is 3.62. The number of nitrogens with one attached hydrogen (secondary N) is 5. The van der Waals surface area contributed by atoms with Crippen LogP contribution in [-0.2, 0) is 38.4 Å². The fourth-order valence-corrected chi connectivity index (χ4v) is 6.02. The second-order valence-corrected chi connectivity index (χ2v) is 14.5. The summed E-state index contributed by atoms with van der Waals surface area (Å²) in [6.07, 6.45) is 1.58. The highest BCUT2D eigenvalue weighted by Gasteiger charge is 2.40. The number of likely N-dealkylation sites (tertiary alicyclic amines) is 1. The van der Waals surface area contributed by atoms with Gasteiger partial charge in [-0.2, -0.15) is 12.6 Å². The SMILES string of the molecule is CC(C)C[C@H](NC(=O)[C@H](CCCCN)NC(=O)[C@H](C)NC(=O)[C@@H](N)CS)C(=O)N[C@@H](CCC(N)=O)C(=O)N1CCC[C@H]1C(=O)N[C@@H](CCCN=C(N)N)C(=O)O. The number of thiol groups is 1. The molecule has 0 aromatic rings. The molecule has 22 heteroatoms. The first kappa shape index (κ1) is 49.3. The maximum Gasteiger partial charge on any atom is 0.326 e. The predicted octanol–water partition coefficient (Wildman–Crippen LogP) is -3.74. The van der Waals surface area contributed by atoms with Crippen molar-refractivity contribution in [3.63, 3.8) is 0 Å². The van der Waals surface area contributed by atoms with Crippen molar-refractivity contribution in [1.29, 1.82) is 0 Å². The molecule has 1 rings (SSSR count). The second kappa shape index (κ2) is 25.5. The first-order valence-electron chi connectivity index (χ1n) is 18.8. The van der Waals surface area contributed by atoms with E-state index in [0.29, 0.717) is 25.8 Å². The second-order valence-electron chi connectivity index (χ2n) is 14.2. The number of aliphatic carboxylic acids is 1. The number of amides is 7. The van der Waals surface area contributed by atoms with Crippen LogP contribution in [0.1, 0.15) is 85.0 Å². The molecule has 21 nitrogen and oxygen atoms in total. The lowest BCUT2D eigenvalue weighted by Gasteiger charge is -2.31. The normalized spacial score (nSPS) is 17.0. The molecule has 0 saturated carbocycles. The van der Waals surface area contributed by atoms with Gasteiger partial charge in [-0.25, -0.2) is 4.79 Å². The summed E-state index contributed by atoms with van der Waals surface area (Å²) in [5.74, 6) is -6.47. The van der Waals surface area contributed by atoms with Gasteiger partial charge in [0.05, 0.1) is 6.04 Å². The molecule has 0 unspecified atom stereocenters. The zero-order valence-corrected chi connectivity index (χ0v) is 33.4. The summed E-state index contributed by atoms with van der Waals surface area (Å²) in [6.45, 7) is 5.61. The molecule has 318 valence electrons. The molecule has 7 atom stereocenters. The van der Waals surface area contributed by atoms with Crippen molar-refractivity contribution in [2.24, 2.45) is 39.6 Å². The Morgan fingerprint density at radius 3 is 1.96 bits per heavy atom. The summed E-state index contributed by atoms with van der Waals surface area (Å²) >= 11 is 3.98. The Morgan fingerprint density at radius 1 is 0.786 bits per heavy atom. The van der Waals surface area contributed by atoms with Crippen molar-refractivity contribution >= 4 is 65.9 Å². The van der Waals surface area contributed by atoms with Crippen LogP contribution in [0.2, 0.25) is 0 Å². The van der Waals surface area contributed by atoms with E-state index in [1.165, 1.54) is 11.8 Å². The van der Waals surface area contributed by atoms with Crippen molar-refractivity contribution in [3.05, 3.63) is 0 Å². The van der Waals surface area contributed by atoms with Crippen LogP contribution < -0.4 is 55.3 Å². The van der Waals surface area contributed by atoms with E-state index in [0.717, 1.165) is 0 Å². The van der Waals surface area contributed by atoms with Gasteiger partial charge < -0.3 is 65.3 Å². The van der Waals surface area contributed by atoms with Crippen molar-refractivity contribution < 1.29 is 43.5 Å². The van der Waals surface area contributed by atoms with E-state index < -0.39 is 89.6 Å². The maximum absolute atomic E-state index is 14.0. The van der Waals surface area contributed by atoms with E-state index in [1.807, 2.05) is 0 Å². The highest BCUT2D eigenvalue weighted by atomic mass is 32.1. The third-order valence-corrected chi connectivity index (χ3v) is 9.29. The number of nitrogens with two attached hydrogens (primary N) is 5. The molecule has 1 fully saturated rings. The fraction of sp³-hybridized carbons (Fsp3) is 0.735. The maximum atomic E-state index is 14.0. The average molecular weight is 815 g/mol. The minimum atomic E-state index is -1.35. The van der Waals surface area contributed by atoms with Gasteiger partial charge in [0, 0.05) is 25.3 Å². The number of unbranched alkanes of at least 4 members (excludes halogenated alkanes) is 1. The Labute approximate surface area is 332 Å². The first-order chi connectivity index (χ1) is 26.3. The lowest BCUT2D eigenvalue weighted by Crippen LogP contribution is -2.59. The molecule has 1 aliphatic heterocycles. The molecule has 1 saturated heterocycles. The van der Waals surface area contributed by atoms with Crippen LogP contribution in [0.25, 0.3) is 0 Å². The molecule has 0 radical (unpaired) electrons. The third kappa shape index (κ3) is 17.8. The molecule has 1 aliphatic rings. The molecule has 56 heavy (non-hydrogen) atoms. The van der Waals surface area contributed by atoms with Crippen LogP contribution in [0, 0.1) is 5.92 Å². The molecule has 0 aromatic carbocycles. The molecular formula is C34H62N12O9S. The minimum absolute atomic E-state index is 0.0110. The van der Waals surface area contributed by atoms with Crippen LogP contribution >= 0.6 is 12.6 Å². The standard InChI is InChI=1S/C34H62N12O9S/c1-18(2)16-24(45-29(50)21(8-4-5-13-35)42-27(48)19(3)41-28(49)20(36)17-56)30(51)43-22(11-12-26(37)47)32(53)46-15-7-10-25(46)31(52)44-23(33(54)55)9-6-14-40-34(38)39/h18-25,56H,4-17,35-36H2,1-3H3,(H2,37,47)(H,41,49)(H,42,48)(H,43,51)(H,44,52)(H,45,50)(H,54,55)(H4,38,39,40)/t19-,20-,21-,22-,23-,24-,25-/m0/s1. The van der Waals surface area contributed by atoms with Crippen molar-refractivity contribution in [1.82, 2.24) is 31.5 Å². The van der Waals surface area contributed by atoms with Crippen LogP contribution in [0.15, 0.2) is 4.99 Å². The number of carboxylic acids is 1. The fourth-order valence-electron chi connectivity index (χ4n) is 5.85. The van der Waals surface area contributed by atoms with E-state index in [-0.39, 0.29) is 75.7 Å². The van der Waals surface area contributed by atoms with Gasteiger partial charge >= 0.3 is 5.97 Å². The number of rotatable bonds is 26. The number of carbonyl (C=O) groups is 8. The van der Waals surface area contributed by atoms with E-state index >= 15 is 0 Å². The van der Waals surface area contributed by atoms with Gasteiger partial charge in [0.25, 0.3) is 0 Å². The van der Waals surface area contributed by atoms with Crippen LogP contribution in [0.3, 0.4) is 0 Å². The molecule has 0 bridgehead atoms. The summed E-state index contributed by atoms with van der Waals surface area (Å²) in [7, 11) is 0. The van der Waals surface area contributed by atoms with Gasteiger partial charge in [0.1, 0.15) is 36.3 Å². The number of hydrogen-bond donors (Lipinski definition) is 12. The number of hydrogen-bond acceptors (Lipinski definition) is 12. The highest BCUT2D eigenvalue weighted by molar-refractivity contribution is 7.80. The number of carboxylic acid groups (broad SMARTS) is 1. The minimum Gasteiger partial charge on any atom is -0.480 e. The number of carbonyl (C=O) groups excluding carboxylic acids is 7. The summed E-state index contributed by atoms with van der Waals surface area (Å²) in [5, 5.41) is 22.6. The molecule has 7 amide bonds. The van der Waals surface area contributed by atoms with E-state index in [2.05, 4.69) is 44.2 Å². The Morgan fingerprint density at radius 2 is 1.39 bits per heavy atom. The van der Waals surface area contributed by atoms with Crippen molar-refractivity contribution in [2.75, 3.05) is 25.4 Å². The molecule has 0 aromatic heterocycles. The van der Waals surface area contributed by atoms with Crippen LogP contribution in [0.5, 0.6) is 0 Å². The summed E-state index contributed by atoms with van der Waals surface area (Å²) < 4.78 is 0. The topological polar surface area (TPSA) is 363 Å². The van der Waals surface area contributed by atoms with Gasteiger partial charge in [0.15, 0.2) is 5.96 Å². The third-order valence-electron chi connectivity index (χ3n) is 8.90. The van der Waals surface area contributed by atoms with Gasteiger partial charge in [-0.05, 0) is 77.2 Å². The smallest absolute Gasteiger partial charge is 0.326 e. The zero-order chi connectivity index (χ0) is 42.5. The Hall–Kier alpha value is -4.70. The van der Waals surface area contributed by atoms with E-state index in [1.54, 1.807) is 13.8 Å². The molecule has 0 aliphatic carbocycles. The van der Waals surface area contributed by atoms with Gasteiger partial charge in [-0.1, -0.05) is 13.8 Å². The van der Waals surface area contributed by atoms with Gasteiger partial charge in [-0.3, -0.25) is 38.6 Å². The number of aliphatic imine (C=N–C) groups is 1. The Balaban J connectivity index is 3.24. The zero-order valence-electron chi connectivity index (χ0n) is 32.5. The van der Waals surface area contributed by atoms with E-state index in [4.69, 9.17) is 28.7 Å². The largest absolute Gasteiger partial charge is 0.480 e. The summed E-state index contributed by atoms with van der Waals surface area (Å²) in [5.41, 5.74) is 27.3. The van der Waals surface area contributed by atoms with Gasteiger partial charge in [0.2, 0.25) is 41.4 Å². The number of nitrogens with zero attached hydrogens (tertiary/aromatic N) is 2. The van der Waals surface area contributed by atoms with Crippen molar-refractivity contribution in [2.45, 2.75) is 127 Å². The Kier molecular flexibility index (Phi) is 22.4. The van der Waals surface area contributed by atoms with Crippen molar-refractivity contribution in [3.8, 4) is 0 Å². The van der Waals surface area contributed by atoms with Crippen LogP contribution in [-0.4, -0.2) is 131 Å². The number of primary amides is 1. The molecular weight excluding hydrogens is 753 g/mol. The van der Waals surface area contributed by atoms with Gasteiger partial charge in [-0.15, -0.1) is 0 Å². The quantitative estimate of drug-likeness (QED) is 0.0173. The monoisotopic (exact) mass is 814 g/mol. The lowest BCUT2D eigenvalue weighted by atomic mass is 10.0. The first-order valence-corrected chi connectivity index (χ1v) is 19.4. The molecule has 0 spiro atoms.